The summed E-state index contributed by atoms with van der Waals surface area (Å²) < 4.78 is 5.39. The van der Waals surface area contributed by atoms with E-state index < -0.39 is 12.1 Å². The van der Waals surface area contributed by atoms with Gasteiger partial charge in [-0.25, -0.2) is 0 Å². The summed E-state index contributed by atoms with van der Waals surface area (Å²) in [5.41, 5.74) is 0. The lowest BCUT2D eigenvalue weighted by atomic mass is 10.0. The molecule has 362 valence electrons. The predicted molar refractivity (Wildman–Crippen MR) is 269 cm³/mol. The molecule has 3 N–H and O–H groups in total. The van der Waals surface area contributed by atoms with Crippen molar-refractivity contribution in [2.45, 2.75) is 283 Å². The van der Waals surface area contributed by atoms with Crippen molar-refractivity contribution in [2.24, 2.45) is 0 Å². The molecule has 2 unspecified atom stereocenters. The quantitative estimate of drug-likeness (QED) is 0.0322. The molecule has 0 bridgehead atoms. The summed E-state index contributed by atoms with van der Waals surface area (Å²) in [5, 5.41) is 23.0. The lowest BCUT2D eigenvalue weighted by Crippen LogP contribution is -2.45. The Morgan fingerprint density at radius 1 is 0.452 bits per heavy atom. The number of aliphatic hydroxyl groups is 2. The highest BCUT2D eigenvalue weighted by Crippen LogP contribution is 2.15. The van der Waals surface area contributed by atoms with Gasteiger partial charge in [-0.1, -0.05) is 229 Å². The van der Waals surface area contributed by atoms with Crippen LogP contribution in [0.3, 0.4) is 0 Å². The molecule has 0 aliphatic heterocycles. The van der Waals surface area contributed by atoms with Crippen LogP contribution in [0.2, 0.25) is 0 Å². The fraction of sp³-hybridized carbons (Fsp3) is 0.821. The monoisotopic (exact) mass is 870 g/mol. The minimum absolute atomic E-state index is 0.0468. The first-order valence-corrected chi connectivity index (χ1v) is 26.9. The lowest BCUT2D eigenvalue weighted by Gasteiger charge is -2.20. The summed E-state index contributed by atoms with van der Waals surface area (Å²) >= 11 is 0. The number of carbonyl (C=O) groups excluding carboxylic acids is 2. The number of hydrogen-bond donors (Lipinski definition) is 3. The summed E-state index contributed by atoms with van der Waals surface area (Å²) in [4.78, 5) is 24.4. The molecule has 2 atom stereocenters. The van der Waals surface area contributed by atoms with Crippen LogP contribution in [0.5, 0.6) is 0 Å². The van der Waals surface area contributed by atoms with Crippen LogP contribution in [0.4, 0.5) is 0 Å². The normalized spacial score (nSPS) is 13.0. The second-order valence-electron chi connectivity index (χ2n) is 18.2. The highest BCUT2D eigenvalue weighted by atomic mass is 16.5. The van der Waals surface area contributed by atoms with E-state index >= 15 is 0 Å². The zero-order valence-corrected chi connectivity index (χ0v) is 41.1. The molecule has 0 aromatic heterocycles. The number of ether oxygens (including phenoxy) is 1. The molecular weight excluding hydrogens is 767 g/mol. The summed E-state index contributed by atoms with van der Waals surface area (Å²) in [6.45, 7) is 4.75. The predicted octanol–water partition coefficient (Wildman–Crippen LogP) is 16.2. The molecule has 0 rings (SSSR count). The maximum absolute atomic E-state index is 12.4. The van der Waals surface area contributed by atoms with Gasteiger partial charge in [-0.15, -0.1) is 0 Å². The van der Waals surface area contributed by atoms with Crippen LogP contribution in [-0.2, 0) is 14.3 Å². The van der Waals surface area contributed by atoms with Gasteiger partial charge in [0.15, 0.2) is 0 Å². The Morgan fingerprint density at radius 2 is 0.806 bits per heavy atom. The molecule has 6 heteroatoms. The van der Waals surface area contributed by atoms with Crippen molar-refractivity contribution in [1.29, 1.82) is 0 Å². The van der Waals surface area contributed by atoms with Crippen molar-refractivity contribution in [3.8, 4) is 0 Å². The third kappa shape index (κ3) is 47.3. The van der Waals surface area contributed by atoms with Gasteiger partial charge >= 0.3 is 5.97 Å². The Balaban J connectivity index is 3.49. The summed E-state index contributed by atoms with van der Waals surface area (Å²) in [6, 6.07) is -0.631. The Labute approximate surface area is 385 Å². The van der Waals surface area contributed by atoms with E-state index in [-0.39, 0.29) is 18.5 Å². The van der Waals surface area contributed by atoms with Gasteiger partial charge in [0, 0.05) is 12.8 Å². The van der Waals surface area contributed by atoms with E-state index in [1.54, 1.807) is 6.08 Å². The van der Waals surface area contributed by atoms with E-state index in [0.29, 0.717) is 19.4 Å². The van der Waals surface area contributed by atoms with Gasteiger partial charge < -0.3 is 20.3 Å². The Bertz CT molecular complexity index is 1050. The maximum atomic E-state index is 12.4. The minimum atomic E-state index is -0.847. The van der Waals surface area contributed by atoms with Crippen molar-refractivity contribution in [2.75, 3.05) is 13.2 Å². The Morgan fingerprint density at radius 3 is 1.27 bits per heavy atom. The van der Waals surface area contributed by atoms with Crippen molar-refractivity contribution in [1.82, 2.24) is 5.32 Å². The van der Waals surface area contributed by atoms with E-state index in [2.05, 4.69) is 55.6 Å². The topological polar surface area (TPSA) is 95.9 Å². The first-order valence-electron chi connectivity index (χ1n) is 26.9. The Kier molecular flexibility index (Phi) is 49.6. The molecule has 0 aliphatic carbocycles. The van der Waals surface area contributed by atoms with E-state index in [0.717, 1.165) is 51.4 Å². The average molecular weight is 870 g/mol. The van der Waals surface area contributed by atoms with Crippen LogP contribution in [-0.4, -0.2) is 47.4 Å². The summed E-state index contributed by atoms with van der Waals surface area (Å²) in [7, 11) is 0. The van der Waals surface area contributed by atoms with Crippen molar-refractivity contribution >= 4 is 11.9 Å². The second kappa shape index (κ2) is 51.5. The van der Waals surface area contributed by atoms with E-state index in [4.69, 9.17) is 4.74 Å². The molecule has 0 spiro atoms. The van der Waals surface area contributed by atoms with Crippen molar-refractivity contribution < 1.29 is 24.5 Å². The third-order valence-corrected chi connectivity index (χ3v) is 12.1. The van der Waals surface area contributed by atoms with Crippen molar-refractivity contribution in [3.05, 3.63) is 48.6 Å². The van der Waals surface area contributed by atoms with Gasteiger partial charge in [-0.3, -0.25) is 9.59 Å². The third-order valence-electron chi connectivity index (χ3n) is 12.1. The number of rotatable bonds is 49. The zero-order valence-electron chi connectivity index (χ0n) is 41.1. The van der Waals surface area contributed by atoms with Crippen LogP contribution in [0, 0.1) is 0 Å². The van der Waals surface area contributed by atoms with Gasteiger partial charge in [0.05, 0.1) is 25.4 Å². The van der Waals surface area contributed by atoms with Crippen LogP contribution < -0.4 is 5.32 Å². The molecule has 0 aromatic rings. The summed E-state index contributed by atoms with van der Waals surface area (Å²) in [5.74, 6) is -0.121. The van der Waals surface area contributed by atoms with Crippen LogP contribution in [0.15, 0.2) is 48.6 Å². The van der Waals surface area contributed by atoms with E-state index in [9.17, 15) is 19.8 Å². The van der Waals surface area contributed by atoms with E-state index in [1.807, 2.05) is 6.08 Å². The molecule has 0 aromatic carbocycles. The number of nitrogens with one attached hydrogen (secondary N) is 1. The number of esters is 1. The minimum Gasteiger partial charge on any atom is -0.465 e. The number of amides is 1. The maximum Gasteiger partial charge on any atom is 0.305 e. The SMILES string of the molecule is CCCCC/C=C\CCCCCCCC(=O)OCC/C=C\C/C=C\CCCCCCCCCCCCCCCCC(=O)NC(CO)C(O)/C=C/CCCCCCCCCCCC. The zero-order chi connectivity index (χ0) is 45.1. The fourth-order valence-electron chi connectivity index (χ4n) is 7.94. The number of unbranched alkanes of at least 4 members (excludes halogenated alkanes) is 32. The molecular formula is C56H103NO5. The highest BCUT2D eigenvalue weighted by molar-refractivity contribution is 5.76. The molecule has 0 aliphatic rings. The number of hydrogen-bond acceptors (Lipinski definition) is 5. The molecule has 0 saturated heterocycles. The number of allylic oxidation sites excluding steroid dienone is 6. The molecule has 0 heterocycles. The van der Waals surface area contributed by atoms with Crippen LogP contribution in [0.25, 0.3) is 0 Å². The van der Waals surface area contributed by atoms with Gasteiger partial charge in [-0.05, 0) is 77.0 Å². The smallest absolute Gasteiger partial charge is 0.305 e. The van der Waals surface area contributed by atoms with Crippen LogP contribution in [0.1, 0.15) is 271 Å². The van der Waals surface area contributed by atoms with Crippen molar-refractivity contribution in [3.63, 3.8) is 0 Å². The fourth-order valence-corrected chi connectivity index (χ4v) is 7.94. The van der Waals surface area contributed by atoms with Gasteiger partial charge in [0.25, 0.3) is 0 Å². The molecule has 62 heavy (non-hydrogen) atoms. The van der Waals surface area contributed by atoms with Gasteiger partial charge in [0.1, 0.15) is 0 Å². The molecule has 1 amide bonds. The largest absolute Gasteiger partial charge is 0.465 e. The molecule has 0 fully saturated rings. The van der Waals surface area contributed by atoms with Gasteiger partial charge in [-0.2, -0.15) is 0 Å². The summed E-state index contributed by atoms with van der Waals surface area (Å²) in [6.07, 6.45) is 64.2. The number of carbonyl (C=O) groups is 2. The second-order valence-corrected chi connectivity index (χ2v) is 18.2. The molecule has 0 saturated carbocycles. The highest BCUT2D eigenvalue weighted by Gasteiger charge is 2.18. The first-order chi connectivity index (χ1) is 30.5. The Hall–Kier alpha value is -2.18. The van der Waals surface area contributed by atoms with Crippen LogP contribution >= 0.6 is 0 Å². The average Bonchev–Trinajstić information content (AvgIpc) is 3.27. The standard InChI is InChI=1S/C56H103NO5/c1-3-5-7-9-11-13-15-28-32-36-40-44-48-54(59)53(52-58)57-55(60)49-45-41-37-33-29-26-24-22-20-18-17-19-21-23-25-27-31-35-39-43-47-51-62-56(61)50-46-42-38-34-30-16-14-12-10-8-6-4-2/h12,14,27,31,39,43-44,48,53-54,58-59H,3-11,13,15-26,28-30,32-38,40-42,45-47,49-52H2,1-2H3,(H,57,60)/b14-12-,31-27-,43-39-,48-44+. The van der Waals surface area contributed by atoms with E-state index in [1.165, 1.54) is 193 Å². The van der Waals surface area contributed by atoms with Gasteiger partial charge in [0.2, 0.25) is 5.91 Å². The molecule has 6 nitrogen and oxygen atoms in total. The first kappa shape index (κ1) is 59.8. The number of aliphatic hydroxyl groups excluding tert-OH is 2. The lowest BCUT2D eigenvalue weighted by molar-refractivity contribution is -0.143. The molecule has 0 radical (unpaired) electrons.